The van der Waals surface area contributed by atoms with Crippen molar-refractivity contribution in [2.45, 2.75) is 64.5 Å². The number of hydrogen-bond acceptors (Lipinski definition) is 4. The average molecular weight is 424 g/mol. The Bertz CT molecular complexity index is 830. The molecular weight excluding hydrogens is 386 g/mol. The molecule has 5 nitrogen and oxygen atoms in total. The summed E-state index contributed by atoms with van der Waals surface area (Å²) in [6.07, 6.45) is 5.89. The quantitative estimate of drug-likeness (QED) is 0.540. The van der Waals surface area contributed by atoms with Crippen molar-refractivity contribution >= 4 is 5.91 Å². The van der Waals surface area contributed by atoms with E-state index in [2.05, 4.69) is 29.6 Å². The third-order valence-corrected chi connectivity index (χ3v) is 6.37. The molecule has 2 atom stereocenters. The fourth-order valence-electron chi connectivity index (χ4n) is 4.65. The predicted octanol–water partition coefficient (Wildman–Crippen LogP) is 3.48. The van der Waals surface area contributed by atoms with E-state index in [4.69, 9.17) is 5.73 Å². The molecule has 2 aromatic carbocycles. The van der Waals surface area contributed by atoms with Gasteiger partial charge in [0.25, 0.3) is 0 Å². The van der Waals surface area contributed by atoms with E-state index >= 15 is 0 Å². The van der Waals surface area contributed by atoms with Crippen LogP contribution in [-0.2, 0) is 17.6 Å². The highest BCUT2D eigenvalue weighted by molar-refractivity contribution is 5.82. The summed E-state index contributed by atoms with van der Waals surface area (Å²) in [5.74, 6) is 0.302. The summed E-state index contributed by atoms with van der Waals surface area (Å²) in [6.45, 7) is 6.48. The molecule has 1 unspecified atom stereocenters. The molecule has 4 N–H and O–H groups in total. The number of aryl methyl sites for hydroxylation is 3. The van der Waals surface area contributed by atoms with Crippen molar-refractivity contribution in [2.24, 2.45) is 5.73 Å². The fraction of sp³-hybridized carbons (Fsp3) is 0.500. The number of hydrogen-bond donors (Lipinski definition) is 3. The zero-order chi connectivity index (χ0) is 22.2. The minimum absolute atomic E-state index is 0.0441. The summed E-state index contributed by atoms with van der Waals surface area (Å²) in [4.78, 5) is 15.2. The molecule has 1 heterocycles. The van der Waals surface area contributed by atoms with Crippen molar-refractivity contribution in [2.75, 3.05) is 19.6 Å². The summed E-state index contributed by atoms with van der Waals surface area (Å²) in [7, 11) is 0. The van der Waals surface area contributed by atoms with Gasteiger partial charge in [0.15, 0.2) is 0 Å². The van der Waals surface area contributed by atoms with Crippen LogP contribution < -0.4 is 11.1 Å². The van der Waals surface area contributed by atoms with Crippen LogP contribution >= 0.6 is 0 Å². The lowest BCUT2D eigenvalue weighted by molar-refractivity contribution is -0.136. The highest BCUT2D eigenvalue weighted by Gasteiger charge is 2.30. The molecule has 1 aliphatic heterocycles. The minimum atomic E-state index is -0.555. The Morgan fingerprint density at radius 2 is 1.90 bits per heavy atom. The number of carbonyl (C=O) groups is 1. The van der Waals surface area contributed by atoms with E-state index in [1.165, 1.54) is 5.56 Å². The van der Waals surface area contributed by atoms with Gasteiger partial charge in [0.2, 0.25) is 5.91 Å². The van der Waals surface area contributed by atoms with E-state index in [0.29, 0.717) is 6.42 Å². The van der Waals surface area contributed by atoms with Crippen molar-refractivity contribution in [1.82, 2.24) is 10.2 Å². The van der Waals surface area contributed by atoms with E-state index < -0.39 is 6.04 Å². The highest BCUT2D eigenvalue weighted by Crippen LogP contribution is 2.23. The van der Waals surface area contributed by atoms with E-state index in [-0.39, 0.29) is 17.7 Å². The molecule has 0 bridgehead atoms. The van der Waals surface area contributed by atoms with E-state index in [9.17, 15) is 9.90 Å². The number of piperidine rings is 1. The van der Waals surface area contributed by atoms with Crippen molar-refractivity contribution in [1.29, 1.82) is 0 Å². The Morgan fingerprint density at radius 3 is 2.61 bits per heavy atom. The maximum Gasteiger partial charge on any atom is 0.240 e. The van der Waals surface area contributed by atoms with E-state index in [1.54, 1.807) is 12.1 Å². The van der Waals surface area contributed by atoms with Gasteiger partial charge in [-0.3, -0.25) is 4.79 Å². The number of nitrogens with zero attached hydrogens (tertiary/aromatic N) is 1. The molecule has 0 aromatic heterocycles. The lowest BCUT2D eigenvalue weighted by Crippen LogP contribution is -2.54. The lowest BCUT2D eigenvalue weighted by Gasteiger charge is -2.37. The Kier molecular flexibility index (Phi) is 8.50. The summed E-state index contributed by atoms with van der Waals surface area (Å²) < 4.78 is 0. The first kappa shape index (κ1) is 23.3. The maximum absolute atomic E-state index is 13.2. The second-order valence-corrected chi connectivity index (χ2v) is 8.84. The number of carbonyl (C=O) groups excluding carboxylic acids is 1. The summed E-state index contributed by atoms with van der Waals surface area (Å²) in [5.41, 5.74) is 10.8. The fourth-order valence-corrected chi connectivity index (χ4v) is 4.65. The number of nitrogens with two attached hydrogens (primary N) is 1. The standard InChI is InChI=1S/C26H37N3O2/c1-19-15-23(30)16-20(2)24(19)17-25(27)26(31)29-14-7-6-12-22(29)18-28-13-8-11-21-9-4-3-5-10-21/h3-5,9-10,15-16,22,25,28,30H,6-8,11-14,17-18,27H2,1-2H3/t22?,25-/m0/s1. The first-order valence-corrected chi connectivity index (χ1v) is 11.6. The Hall–Kier alpha value is -2.37. The third kappa shape index (κ3) is 6.55. The third-order valence-electron chi connectivity index (χ3n) is 6.37. The second kappa shape index (κ2) is 11.3. The van der Waals surface area contributed by atoms with Crippen LogP contribution in [0.25, 0.3) is 0 Å². The molecule has 31 heavy (non-hydrogen) atoms. The number of benzene rings is 2. The highest BCUT2D eigenvalue weighted by atomic mass is 16.3. The molecule has 2 aromatic rings. The van der Waals surface area contributed by atoms with Gasteiger partial charge in [0, 0.05) is 19.1 Å². The lowest BCUT2D eigenvalue weighted by atomic mass is 9.94. The number of aromatic hydroxyl groups is 1. The van der Waals surface area contributed by atoms with Gasteiger partial charge in [-0.15, -0.1) is 0 Å². The van der Waals surface area contributed by atoms with Crippen LogP contribution in [-0.4, -0.2) is 47.6 Å². The van der Waals surface area contributed by atoms with E-state index in [0.717, 1.165) is 68.4 Å². The van der Waals surface area contributed by atoms with Gasteiger partial charge >= 0.3 is 0 Å². The smallest absolute Gasteiger partial charge is 0.240 e. The topological polar surface area (TPSA) is 78.6 Å². The summed E-state index contributed by atoms with van der Waals surface area (Å²) in [6, 6.07) is 13.7. The Labute approximate surface area is 186 Å². The Morgan fingerprint density at radius 1 is 1.19 bits per heavy atom. The molecule has 168 valence electrons. The van der Waals surface area contributed by atoms with Crippen molar-refractivity contribution < 1.29 is 9.90 Å². The molecule has 1 aliphatic rings. The van der Waals surface area contributed by atoms with Gasteiger partial charge in [0.05, 0.1) is 6.04 Å². The largest absolute Gasteiger partial charge is 0.508 e. The first-order chi connectivity index (χ1) is 15.0. The monoisotopic (exact) mass is 423 g/mol. The SMILES string of the molecule is Cc1cc(O)cc(C)c1C[C@H](N)C(=O)N1CCCCC1CNCCCc1ccccc1. The minimum Gasteiger partial charge on any atom is -0.508 e. The van der Waals surface area contributed by atoms with Gasteiger partial charge < -0.3 is 21.1 Å². The summed E-state index contributed by atoms with van der Waals surface area (Å²) in [5, 5.41) is 13.3. The van der Waals surface area contributed by atoms with Crippen LogP contribution in [0.1, 0.15) is 47.9 Å². The molecule has 0 spiro atoms. The number of phenolic OH excluding ortho intramolecular Hbond substituents is 1. The van der Waals surface area contributed by atoms with Crippen molar-refractivity contribution in [3.05, 3.63) is 64.7 Å². The summed E-state index contributed by atoms with van der Waals surface area (Å²) >= 11 is 0. The van der Waals surface area contributed by atoms with Gasteiger partial charge in [-0.1, -0.05) is 30.3 Å². The van der Waals surface area contributed by atoms with Crippen molar-refractivity contribution in [3.8, 4) is 5.75 Å². The number of amides is 1. The van der Waals surface area contributed by atoms with Gasteiger partial charge in [0.1, 0.15) is 5.75 Å². The molecular formula is C26H37N3O2. The zero-order valence-corrected chi connectivity index (χ0v) is 18.9. The normalized spacial score (nSPS) is 17.5. The molecule has 0 aliphatic carbocycles. The number of nitrogens with one attached hydrogen (secondary N) is 1. The average Bonchev–Trinajstić information content (AvgIpc) is 2.76. The molecule has 1 saturated heterocycles. The van der Waals surface area contributed by atoms with Gasteiger partial charge in [-0.05, 0) is 93.3 Å². The maximum atomic E-state index is 13.2. The van der Waals surface area contributed by atoms with Crippen LogP contribution in [0.15, 0.2) is 42.5 Å². The number of likely N-dealkylation sites (tertiary alicyclic amines) is 1. The van der Waals surface area contributed by atoms with Crippen LogP contribution in [0.3, 0.4) is 0 Å². The molecule has 5 heteroatoms. The van der Waals surface area contributed by atoms with Gasteiger partial charge in [-0.2, -0.15) is 0 Å². The van der Waals surface area contributed by atoms with Gasteiger partial charge in [-0.25, -0.2) is 0 Å². The van der Waals surface area contributed by atoms with Crippen LogP contribution in [0, 0.1) is 13.8 Å². The second-order valence-electron chi connectivity index (χ2n) is 8.84. The predicted molar refractivity (Wildman–Crippen MR) is 126 cm³/mol. The first-order valence-electron chi connectivity index (χ1n) is 11.6. The van der Waals surface area contributed by atoms with Crippen LogP contribution in [0.2, 0.25) is 0 Å². The van der Waals surface area contributed by atoms with Crippen molar-refractivity contribution in [3.63, 3.8) is 0 Å². The molecule has 0 saturated carbocycles. The molecule has 1 amide bonds. The Balaban J connectivity index is 1.51. The number of rotatable bonds is 9. The number of phenols is 1. The van der Waals surface area contributed by atoms with Crippen LogP contribution in [0.4, 0.5) is 0 Å². The zero-order valence-electron chi connectivity index (χ0n) is 18.9. The molecule has 3 rings (SSSR count). The molecule has 0 radical (unpaired) electrons. The van der Waals surface area contributed by atoms with Crippen LogP contribution in [0.5, 0.6) is 5.75 Å². The molecule has 1 fully saturated rings. The van der Waals surface area contributed by atoms with E-state index in [1.807, 2.05) is 24.8 Å².